The van der Waals surface area contributed by atoms with Crippen molar-refractivity contribution in [1.29, 1.82) is 0 Å². The lowest BCUT2D eigenvalue weighted by molar-refractivity contribution is -0.385. The molecule has 0 aromatic heterocycles. The summed E-state index contributed by atoms with van der Waals surface area (Å²) >= 11 is 7.97. The van der Waals surface area contributed by atoms with Crippen LogP contribution in [0.5, 0.6) is 0 Å². The number of hydrogen-bond acceptors (Lipinski definition) is 3. The third-order valence-corrected chi connectivity index (χ3v) is 3.87. The highest BCUT2D eigenvalue weighted by Gasteiger charge is 2.23. The Kier molecular flexibility index (Phi) is 5.99. The Hall–Kier alpha value is -0.890. The van der Waals surface area contributed by atoms with Crippen LogP contribution in [0.2, 0.25) is 5.02 Å². The van der Waals surface area contributed by atoms with Crippen LogP contribution >= 0.6 is 34.2 Å². The highest BCUT2D eigenvalue weighted by molar-refractivity contribution is 14.1. The fraction of sp³-hybridized carbons (Fsp3) is 0.417. The molecule has 1 amide bonds. The van der Waals surface area contributed by atoms with Crippen LogP contribution in [0.25, 0.3) is 0 Å². The molecular weight excluding hydrogens is 383 g/mol. The Labute approximate surface area is 130 Å². The van der Waals surface area contributed by atoms with Gasteiger partial charge in [-0.3, -0.25) is 14.9 Å². The van der Waals surface area contributed by atoms with E-state index in [4.69, 9.17) is 11.6 Å². The van der Waals surface area contributed by atoms with Gasteiger partial charge in [0.25, 0.3) is 11.6 Å². The van der Waals surface area contributed by atoms with Crippen molar-refractivity contribution in [2.24, 2.45) is 5.92 Å². The molecule has 1 aromatic rings. The van der Waals surface area contributed by atoms with E-state index in [0.29, 0.717) is 5.02 Å². The lowest BCUT2D eigenvalue weighted by Gasteiger charge is -2.19. The Bertz CT molecular complexity index is 494. The molecule has 0 radical (unpaired) electrons. The first-order valence-electron chi connectivity index (χ1n) is 5.67. The molecule has 7 heteroatoms. The average molecular weight is 397 g/mol. The van der Waals surface area contributed by atoms with Gasteiger partial charge in [0, 0.05) is 21.6 Å². The van der Waals surface area contributed by atoms with E-state index in [1.165, 1.54) is 18.2 Å². The van der Waals surface area contributed by atoms with Gasteiger partial charge >= 0.3 is 0 Å². The van der Waals surface area contributed by atoms with Crippen molar-refractivity contribution in [3.63, 3.8) is 0 Å². The molecule has 1 atom stereocenters. The maximum atomic E-state index is 12.1. The fourth-order valence-corrected chi connectivity index (χ4v) is 2.89. The van der Waals surface area contributed by atoms with Crippen molar-refractivity contribution in [3.05, 3.63) is 38.9 Å². The van der Waals surface area contributed by atoms with Gasteiger partial charge in [-0.05, 0) is 18.1 Å². The van der Waals surface area contributed by atoms with E-state index in [9.17, 15) is 14.9 Å². The first-order valence-corrected chi connectivity index (χ1v) is 7.58. The van der Waals surface area contributed by atoms with Crippen molar-refractivity contribution in [1.82, 2.24) is 5.32 Å². The number of nitro benzene ring substituents is 1. The second-order valence-corrected chi connectivity index (χ2v) is 5.71. The molecule has 1 aromatic carbocycles. The number of carbonyl (C=O) groups is 1. The van der Waals surface area contributed by atoms with Crippen LogP contribution in [0.15, 0.2) is 18.2 Å². The monoisotopic (exact) mass is 396 g/mol. The van der Waals surface area contributed by atoms with E-state index in [1.807, 2.05) is 13.8 Å². The Morgan fingerprint density at radius 1 is 1.53 bits per heavy atom. The van der Waals surface area contributed by atoms with Crippen molar-refractivity contribution in [3.8, 4) is 0 Å². The number of amides is 1. The van der Waals surface area contributed by atoms with Gasteiger partial charge in [0.1, 0.15) is 5.56 Å². The van der Waals surface area contributed by atoms with E-state index >= 15 is 0 Å². The molecule has 0 heterocycles. The summed E-state index contributed by atoms with van der Waals surface area (Å²) in [5, 5.41) is 14.0. The molecule has 19 heavy (non-hydrogen) atoms. The van der Waals surface area contributed by atoms with Gasteiger partial charge in [-0.15, -0.1) is 0 Å². The summed E-state index contributed by atoms with van der Waals surface area (Å²) in [5.74, 6) is -0.219. The quantitative estimate of drug-likeness (QED) is 0.359. The Morgan fingerprint density at radius 3 is 2.63 bits per heavy atom. The second-order valence-electron chi connectivity index (χ2n) is 4.40. The van der Waals surface area contributed by atoms with Gasteiger partial charge in [-0.25, -0.2) is 0 Å². The zero-order valence-corrected chi connectivity index (χ0v) is 13.4. The molecule has 0 aliphatic heterocycles. The summed E-state index contributed by atoms with van der Waals surface area (Å²) in [4.78, 5) is 22.4. The number of rotatable bonds is 5. The topological polar surface area (TPSA) is 72.2 Å². The van der Waals surface area contributed by atoms with Crippen molar-refractivity contribution in [2.75, 3.05) is 4.43 Å². The summed E-state index contributed by atoms with van der Waals surface area (Å²) in [6.45, 7) is 3.96. The summed E-state index contributed by atoms with van der Waals surface area (Å²) in [7, 11) is 0. The average Bonchev–Trinajstić information content (AvgIpc) is 2.34. The molecule has 0 fully saturated rings. The first kappa shape index (κ1) is 16.2. The van der Waals surface area contributed by atoms with Crippen LogP contribution in [0.1, 0.15) is 24.2 Å². The van der Waals surface area contributed by atoms with Gasteiger partial charge in [0.15, 0.2) is 0 Å². The summed E-state index contributed by atoms with van der Waals surface area (Å²) in [5.41, 5.74) is -0.245. The van der Waals surface area contributed by atoms with Crippen LogP contribution in [-0.2, 0) is 0 Å². The Morgan fingerprint density at radius 2 is 2.16 bits per heavy atom. The van der Waals surface area contributed by atoms with E-state index < -0.39 is 10.8 Å². The van der Waals surface area contributed by atoms with Crippen LogP contribution in [-0.4, -0.2) is 21.3 Å². The smallest absolute Gasteiger partial charge is 0.282 e. The standard InChI is InChI=1S/C12H14ClIN2O3/c1-7(2)10(6-14)15-12(17)9-5-8(13)3-4-11(9)16(18)19/h3-5,7,10H,6H2,1-2H3,(H,15,17). The largest absolute Gasteiger partial charge is 0.348 e. The van der Waals surface area contributed by atoms with E-state index in [-0.39, 0.29) is 23.2 Å². The first-order chi connectivity index (χ1) is 8.86. The van der Waals surface area contributed by atoms with Gasteiger partial charge in [-0.1, -0.05) is 48.0 Å². The minimum absolute atomic E-state index is 0.00648. The normalized spacial score (nSPS) is 12.3. The molecule has 1 N–H and O–H groups in total. The molecule has 0 aliphatic rings. The molecule has 1 rings (SSSR count). The van der Waals surface area contributed by atoms with Gasteiger partial charge in [0.2, 0.25) is 0 Å². The summed E-state index contributed by atoms with van der Waals surface area (Å²) in [6.07, 6.45) is 0. The zero-order chi connectivity index (χ0) is 14.6. The van der Waals surface area contributed by atoms with Gasteiger partial charge in [0.05, 0.1) is 4.92 Å². The van der Waals surface area contributed by atoms with Gasteiger partial charge < -0.3 is 5.32 Å². The minimum Gasteiger partial charge on any atom is -0.348 e. The SMILES string of the molecule is CC(C)C(CI)NC(=O)c1cc(Cl)ccc1[N+](=O)[O-]. The van der Waals surface area contributed by atoms with Crippen molar-refractivity contribution in [2.45, 2.75) is 19.9 Å². The molecule has 104 valence electrons. The molecule has 0 spiro atoms. The third-order valence-electron chi connectivity index (χ3n) is 2.69. The predicted molar refractivity (Wildman–Crippen MR) is 83.1 cm³/mol. The lowest BCUT2D eigenvalue weighted by atomic mass is 10.1. The molecule has 0 aliphatic carbocycles. The number of hydrogen-bond donors (Lipinski definition) is 1. The van der Waals surface area contributed by atoms with E-state index in [2.05, 4.69) is 27.9 Å². The van der Waals surface area contributed by atoms with Crippen LogP contribution in [0.4, 0.5) is 5.69 Å². The minimum atomic E-state index is -0.584. The predicted octanol–water partition coefficient (Wildman–Crippen LogP) is 3.44. The number of halogens is 2. The van der Waals surface area contributed by atoms with Crippen LogP contribution < -0.4 is 5.32 Å². The maximum absolute atomic E-state index is 12.1. The van der Waals surface area contributed by atoms with Crippen LogP contribution in [0, 0.1) is 16.0 Å². The molecule has 5 nitrogen and oxygen atoms in total. The third kappa shape index (κ3) is 4.31. The number of nitrogens with zero attached hydrogens (tertiary/aromatic N) is 1. The number of benzene rings is 1. The van der Waals surface area contributed by atoms with Gasteiger partial charge in [-0.2, -0.15) is 0 Å². The Balaban J connectivity index is 3.05. The number of nitrogens with one attached hydrogen (secondary N) is 1. The van der Waals surface area contributed by atoms with E-state index in [0.717, 1.165) is 4.43 Å². The summed E-state index contributed by atoms with van der Waals surface area (Å²) in [6, 6.07) is 3.92. The molecular formula is C12H14ClIN2O3. The molecule has 0 bridgehead atoms. The van der Waals surface area contributed by atoms with Crippen molar-refractivity contribution >= 4 is 45.8 Å². The maximum Gasteiger partial charge on any atom is 0.282 e. The van der Waals surface area contributed by atoms with Crippen LogP contribution in [0.3, 0.4) is 0 Å². The number of carbonyl (C=O) groups excluding carboxylic acids is 1. The van der Waals surface area contributed by atoms with E-state index in [1.54, 1.807) is 0 Å². The molecule has 1 unspecified atom stereocenters. The highest BCUT2D eigenvalue weighted by Crippen LogP contribution is 2.23. The summed E-state index contributed by atoms with van der Waals surface area (Å²) < 4.78 is 0.732. The fourth-order valence-electron chi connectivity index (χ4n) is 1.48. The number of alkyl halides is 1. The highest BCUT2D eigenvalue weighted by atomic mass is 127. The van der Waals surface area contributed by atoms with Crippen molar-refractivity contribution < 1.29 is 9.72 Å². The number of nitro groups is 1. The lowest BCUT2D eigenvalue weighted by Crippen LogP contribution is -2.39. The molecule has 0 saturated heterocycles. The second kappa shape index (κ2) is 7.04. The molecule has 0 saturated carbocycles. The zero-order valence-electron chi connectivity index (χ0n) is 10.5.